The van der Waals surface area contributed by atoms with Crippen LogP contribution in [0.4, 0.5) is 5.69 Å². The Balaban J connectivity index is 2.12. The van der Waals surface area contributed by atoms with E-state index in [-0.39, 0.29) is 12.3 Å². The first-order chi connectivity index (χ1) is 12.0. The van der Waals surface area contributed by atoms with Gasteiger partial charge in [-0.2, -0.15) is 0 Å². The molecule has 0 amide bonds. The summed E-state index contributed by atoms with van der Waals surface area (Å²) in [6.07, 6.45) is 2.21. The molecule has 0 unspecified atom stereocenters. The molecule has 2 aromatic carbocycles. The zero-order valence-electron chi connectivity index (χ0n) is 13.5. The molecule has 0 radical (unpaired) electrons. The van der Waals surface area contributed by atoms with Gasteiger partial charge in [-0.1, -0.05) is 6.07 Å². The fourth-order valence-corrected chi connectivity index (χ4v) is 2.04. The van der Waals surface area contributed by atoms with Gasteiger partial charge in [-0.15, -0.1) is 0 Å². The van der Waals surface area contributed by atoms with E-state index >= 15 is 0 Å². The van der Waals surface area contributed by atoms with Gasteiger partial charge >= 0.3 is 0 Å². The molecule has 0 aromatic heterocycles. The smallest absolute Gasteiger partial charge is 0.269 e. The minimum absolute atomic E-state index is 0.0145. The van der Waals surface area contributed by atoms with Gasteiger partial charge in [0, 0.05) is 18.2 Å². The van der Waals surface area contributed by atoms with Crippen LogP contribution in [0.15, 0.2) is 48.7 Å². The number of non-ortho nitro benzene ring substituents is 1. The fourth-order valence-electron chi connectivity index (χ4n) is 2.04. The molecular weight excluding hydrogens is 328 g/mol. The SMILES string of the molecule is CCOc1cc(/C=C\[N+](=O)[O-])ccc1OCc1ccc([N+](=O)[O-])cc1. The zero-order chi connectivity index (χ0) is 18.2. The number of nitro groups is 2. The number of hydrogen-bond donors (Lipinski definition) is 0. The third-order valence-electron chi connectivity index (χ3n) is 3.20. The van der Waals surface area contributed by atoms with Crippen molar-refractivity contribution in [3.05, 3.63) is 80.0 Å². The van der Waals surface area contributed by atoms with Gasteiger partial charge in [-0.25, -0.2) is 0 Å². The number of ether oxygens (including phenoxy) is 2. The van der Waals surface area contributed by atoms with Crippen molar-refractivity contribution in [2.45, 2.75) is 13.5 Å². The molecule has 0 aliphatic carbocycles. The van der Waals surface area contributed by atoms with E-state index in [1.54, 1.807) is 30.3 Å². The van der Waals surface area contributed by atoms with Crippen LogP contribution in [0, 0.1) is 20.2 Å². The van der Waals surface area contributed by atoms with Crippen LogP contribution < -0.4 is 9.47 Å². The number of hydrogen-bond acceptors (Lipinski definition) is 6. The Labute approximate surface area is 143 Å². The maximum absolute atomic E-state index is 10.6. The lowest BCUT2D eigenvalue weighted by atomic mass is 10.2. The van der Waals surface area contributed by atoms with Crippen LogP contribution in [-0.2, 0) is 6.61 Å². The average Bonchev–Trinajstić information content (AvgIpc) is 2.59. The molecule has 8 heteroatoms. The summed E-state index contributed by atoms with van der Waals surface area (Å²) in [5.41, 5.74) is 1.40. The van der Waals surface area contributed by atoms with Crippen LogP contribution in [0.1, 0.15) is 18.1 Å². The second-order valence-corrected chi connectivity index (χ2v) is 4.95. The average molecular weight is 344 g/mol. The lowest BCUT2D eigenvalue weighted by Gasteiger charge is -2.12. The van der Waals surface area contributed by atoms with Crippen molar-refractivity contribution in [2.24, 2.45) is 0 Å². The Morgan fingerprint density at radius 3 is 2.32 bits per heavy atom. The molecule has 130 valence electrons. The third kappa shape index (κ3) is 5.31. The van der Waals surface area contributed by atoms with Crippen LogP contribution in [0.5, 0.6) is 11.5 Å². The van der Waals surface area contributed by atoms with Crippen molar-refractivity contribution >= 4 is 11.8 Å². The first-order valence-corrected chi connectivity index (χ1v) is 7.44. The minimum Gasteiger partial charge on any atom is -0.490 e. The van der Waals surface area contributed by atoms with Crippen molar-refractivity contribution < 1.29 is 19.3 Å². The molecule has 0 spiro atoms. The van der Waals surface area contributed by atoms with Gasteiger partial charge in [-0.3, -0.25) is 20.2 Å². The zero-order valence-corrected chi connectivity index (χ0v) is 13.5. The normalized spacial score (nSPS) is 10.6. The molecule has 8 nitrogen and oxygen atoms in total. The highest BCUT2D eigenvalue weighted by Gasteiger charge is 2.08. The van der Waals surface area contributed by atoms with E-state index in [4.69, 9.17) is 9.47 Å². The third-order valence-corrected chi connectivity index (χ3v) is 3.20. The van der Waals surface area contributed by atoms with E-state index in [9.17, 15) is 20.2 Å². The molecule has 0 bridgehead atoms. The molecule has 0 N–H and O–H groups in total. The summed E-state index contributed by atoms with van der Waals surface area (Å²) in [7, 11) is 0. The van der Waals surface area contributed by atoms with E-state index in [0.717, 1.165) is 11.8 Å². The van der Waals surface area contributed by atoms with Gasteiger partial charge in [0.15, 0.2) is 11.5 Å². The summed E-state index contributed by atoms with van der Waals surface area (Å²) in [5, 5.41) is 21.0. The van der Waals surface area contributed by atoms with Gasteiger partial charge < -0.3 is 9.47 Å². The Morgan fingerprint density at radius 2 is 1.72 bits per heavy atom. The number of benzene rings is 2. The van der Waals surface area contributed by atoms with Crippen molar-refractivity contribution in [1.82, 2.24) is 0 Å². The van der Waals surface area contributed by atoms with Crippen LogP contribution in [-0.4, -0.2) is 16.5 Å². The highest BCUT2D eigenvalue weighted by Crippen LogP contribution is 2.30. The molecule has 0 atom stereocenters. The second-order valence-electron chi connectivity index (χ2n) is 4.95. The van der Waals surface area contributed by atoms with Gasteiger partial charge in [0.1, 0.15) is 6.61 Å². The standard InChI is InChI=1S/C17H16N2O6/c1-2-24-17-11-13(9-10-18(20)21)5-8-16(17)25-12-14-3-6-15(7-4-14)19(22)23/h3-11H,2,12H2,1H3/b10-9-. The van der Waals surface area contributed by atoms with Gasteiger partial charge in [0.05, 0.1) is 16.5 Å². The molecule has 0 saturated carbocycles. The van der Waals surface area contributed by atoms with Gasteiger partial charge in [-0.05, 0) is 42.3 Å². The molecular formula is C17H16N2O6. The lowest BCUT2D eigenvalue weighted by molar-refractivity contribution is -0.400. The van der Waals surface area contributed by atoms with E-state index in [1.807, 2.05) is 6.92 Å². The van der Waals surface area contributed by atoms with Gasteiger partial charge in [0.25, 0.3) is 5.69 Å². The molecule has 0 saturated heterocycles. The first kappa shape index (κ1) is 17.9. The molecule has 0 heterocycles. The Morgan fingerprint density at radius 1 is 1.00 bits per heavy atom. The first-order valence-electron chi connectivity index (χ1n) is 7.44. The summed E-state index contributed by atoms with van der Waals surface area (Å²) in [6.45, 7) is 2.44. The van der Waals surface area contributed by atoms with Crippen molar-refractivity contribution in [3.8, 4) is 11.5 Å². The van der Waals surface area contributed by atoms with E-state index < -0.39 is 9.85 Å². The second kappa shape index (κ2) is 8.44. The largest absolute Gasteiger partial charge is 0.490 e. The molecule has 2 rings (SSSR count). The molecule has 0 aliphatic heterocycles. The van der Waals surface area contributed by atoms with Crippen LogP contribution >= 0.6 is 0 Å². The molecule has 0 aliphatic rings. The van der Waals surface area contributed by atoms with E-state index in [0.29, 0.717) is 23.7 Å². The van der Waals surface area contributed by atoms with Crippen molar-refractivity contribution in [3.63, 3.8) is 0 Å². The quantitative estimate of drug-likeness (QED) is 0.532. The van der Waals surface area contributed by atoms with Crippen LogP contribution in [0.2, 0.25) is 0 Å². The summed E-state index contributed by atoms with van der Waals surface area (Å²) >= 11 is 0. The number of rotatable bonds is 8. The topological polar surface area (TPSA) is 105 Å². The number of nitrogens with zero attached hydrogens (tertiary/aromatic N) is 2. The molecule has 25 heavy (non-hydrogen) atoms. The highest BCUT2D eigenvalue weighted by molar-refractivity contribution is 5.55. The monoisotopic (exact) mass is 344 g/mol. The predicted octanol–water partition coefficient (Wildman–Crippen LogP) is 3.82. The Kier molecular flexibility index (Phi) is 6.05. The maximum Gasteiger partial charge on any atom is 0.269 e. The maximum atomic E-state index is 10.6. The summed E-state index contributed by atoms with van der Waals surface area (Å²) in [6, 6.07) is 11.0. The predicted molar refractivity (Wildman–Crippen MR) is 91.1 cm³/mol. The lowest BCUT2D eigenvalue weighted by Crippen LogP contribution is -2.00. The van der Waals surface area contributed by atoms with Crippen LogP contribution in [0.25, 0.3) is 6.08 Å². The minimum atomic E-state index is -0.542. The summed E-state index contributed by atoms with van der Waals surface area (Å²) < 4.78 is 11.2. The summed E-state index contributed by atoms with van der Waals surface area (Å²) in [5.74, 6) is 0.952. The molecule has 0 fully saturated rings. The Bertz CT molecular complexity index is 786. The van der Waals surface area contributed by atoms with Crippen molar-refractivity contribution in [1.29, 1.82) is 0 Å². The van der Waals surface area contributed by atoms with E-state index in [1.165, 1.54) is 18.2 Å². The fraction of sp³-hybridized carbons (Fsp3) is 0.176. The van der Waals surface area contributed by atoms with Crippen molar-refractivity contribution in [2.75, 3.05) is 6.61 Å². The van der Waals surface area contributed by atoms with Crippen LogP contribution in [0.3, 0.4) is 0 Å². The number of nitro benzene ring substituents is 1. The van der Waals surface area contributed by atoms with Gasteiger partial charge in [0.2, 0.25) is 6.20 Å². The van der Waals surface area contributed by atoms with E-state index in [2.05, 4.69) is 0 Å². The molecule has 2 aromatic rings. The summed E-state index contributed by atoms with van der Waals surface area (Å²) in [4.78, 5) is 20.0. The highest BCUT2D eigenvalue weighted by atomic mass is 16.6. The Hall–Kier alpha value is -3.42.